The molecule has 0 bridgehead atoms. The summed E-state index contributed by atoms with van der Waals surface area (Å²) >= 11 is 0. The molecule has 6 nitrogen and oxygen atoms in total. The van der Waals surface area contributed by atoms with Crippen molar-refractivity contribution in [2.45, 2.75) is 290 Å². The second-order valence-corrected chi connectivity index (χ2v) is 19.2. The van der Waals surface area contributed by atoms with Crippen molar-refractivity contribution in [1.29, 1.82) is 0 Å². The molecule has 0 aromatic heterocycles. The molecular weight excluding hydrogens is 841 g/mol. The van der Waals surface area contributed by atoms with E-state index in [-0.39, 0.29) is 31.1 Å². The summed E-state index contributed by atoms with van der Waals surface area (Å²) in [4.78, 5) is 37.7. The average molecular weight is 950 g/mol. The van der Waals surface area contributed by atoms with E-state index in [9.17, 15) is 14.4 Å². The maximum Gasteiger partial charge on any atom is 0.306 e. The normalized spacial score (nSPS) is 12.6. The fourth-order valence-electron chi connectivity index (χ4n) is 8.10. The van der Waals surface area contributed by atoms with Gasteiger partial charge in [0.05, 0.1) is 0 Å². The van der Waals surface area contributed by atoms with E-state index < -0.39 is 6.10 Å². The van der Waals surface area contributed by atoms with Crippen LogP contribution in [0.2, 0.25) is 0 Å². The van der Waals surface area contributed by atoms with Crippen LogP contribution in [0.15, 0.2) is 72.9 Å². The highest BCUT2D eigenvalue weighted by Crippen LogP contribution is 2.16. The van der Waals surface area contributed by atoms with E-state index >= 15 is 0 Å². The fraction of sp³-hybridized carbons (Fsp3) is 0.758. The van der Waals surface area contributed by atoms with Crippen LogP contribution >= 0.6 is 0 Å². The molecule has 0 fully saturated rings. The Balaban J connectivity index is 3.95. The van der Waals surface area contributed by atoms with Crippen LogP contribution in [0, 0.1) is 0 Å². The number of ether oxygens (including phenoxy) is 3. The van der Waals surface area contributed by atoms with Crippen LogP contribution in [0.3, 0.4) is 0 Å². The molecule has 1 atom stereocenters. The van der Waals surface area contributed by atoms with Crippen molar-refractivity contribution in [3.8, 4) is 0 Å². The Hall–Kier alpha value is -3.15. The number of allylic oxidation sites excluding steroid dienone is 12. The molecule has 0 rings (SSSR count). The minimum atomic E-state index is -0.776. The monoisotopic (exact) mass is 949 g/mol. The fourth-order valence-corrected chi connectivity index (χ4v) is 8.10. The van der Waals surface area contributed by atoms with E-state index in [0.717, 1.165) is 116 Å². The summed E-state index contributed by atoms with van der Waals surface area (Å²) in [5, 5.41) is 0. The standard InChI is InChI=1S/C62H108O6/c1-4-7-10-13-15-17-19-21-23-24-25-26-27-28-29-30-31-32-33-34-35-36-37-38-39-41-42-44-46-49-52-55-61(64)67-58-59(57-66-60(63)54-51-48-12-9-6-3)68-62(65)56-53-50-47-45-43-40-22-20-18-16-14-11-8-5-2/h7,10,14-17,20-23,25-26,59H,4-6,8-9,11-13,18-19,24,27-58H2,1-3H3/b10-7-,16-14-,17-15-,22-20-,23-21-,26-25-. The largest absolute Gasteiger partial charge is 0.462 e. The highest BCUT2D eigenvalue weighted by Gasteiger charge is 2.19. The van der Waals surface area contributed by atoms with E-state index in [0.29, 0.717) is 19.3 Å². The molecule has 392 valence electrons. The smallest absolute Gasteiger partial charge is 0.306 e. The minimum absolute atomic E-state index is 0.0784. The van der Waals surface area contributed by atoms with Crippen LogP contribution in [0.25, 0.3) is 0 Å². The summed E-state index contributed by atoms with van der Waals surface area (Å²) in [6.45, 7) is 6.40. The third-order valence-electron chi connectivity index (χ3n) is 12.4. The van der Waals surface area contributed by atoms with Gasteiger partial charge in [-0.25, -0.2) is 0 Å². The zero-order chi connectivity index (χ0) is 49.3. The first-order valence-electron chi connectivity index (χ1n) is 28.9. The SMILES string of the molecule is CC/C=C\C/C=C\C/C=C\C/C=C\CCCCCCCCCCCCCCCCCCCCC(=O)OCC(COC(=O)CCCCCCC)OC(=O)CCCCCCC/C=C\C/C=C\CCCC. The molecule has 0 aliphatic rings. The van der Waals surface area contributed by atoms with Gasteiger partial charge >= 0.3 is 17.9 Å². The molecule has 6 heteroatoms. The van der Waals surface area contributed by atoms with Gasteiger partial charge in [-0.1, -0.05) is 254 Å². The Morgan fingerprint density at radius 2 is 0.588 bits per heavy atom. The zero-order valence-electron chi connectivity index (χ0n) is 44.9. The number of hydrogen-bond acceptors (Lipinski definition) is 6. The van der Waals surface area contributed by atoms with E-state index in [4.69, 9.17) is 14.2 Å². The lowest BCUT2D eigenvalue weighted by Crippen LogP contribution is -2.30. The molecule has 0 saturated carbocycles. The first kappa shape index (κ1) is 64.8. The van der Waals surface area contributed by atoms with Crippen molar-refractivity contribution in [2.75, 3.05) is 13.2 Å². The van der Waals surface area contributed by atoms with Crippen molar-refractivity contribution in [3.05, 3.63) is 72.9 Å². The van der Waals surface area contributed by atoms with Crippen LogP contribution in [-0.4, -0.2) is 37.2 Å². The lowest BCUT2D eigenvalue weighted by atomic mass is 10.0. The second-order valence-electron chi connectivity index (χ2n) is 19.2. The molecule has 0 aromatic rings. The quantitative estimate of drug-likeness (QED) is 0.0262. The number of unbranched alkanes of at least 4 members (excludes halogenated alkanes) is 29. The molecule has 0 aliphatic carbocycles. The Kier molecular flexibility index (Phi) is 53.8. The Bertz CT molecular complexity index is 1270. The number of hydrogen-bond donors (Lipinski definition) is 0. The predicted octanol–water partition coefficient (Wildman–Crippen LogP) is 19.4. The molecule has 0 aromatic carbocycles. The third-order valence-corrected chi connectivity index (χ3v) is 12.4. The number of esters is 3. The van der Waals surface area contributed by atoms with Crippen molar-refractivity contribution < 1.29 is 28.6 Å². The molecule has 0 spiro atoms. The molecular formula is C62H108O6. The maximum absolute atomic E-state index is 12.7. The van der Waals surface area contributed by atoms with Crippen LogP contribution in [0.5, 0.6) is 0 Å². The Morgan fingerprint density at radius 1 is 0.309 bits per heavy atom. The van der Waals surface area contributed by atoms with Crippen molar-refractivity contribution in [2.24, 2.45) is 0 Å². The molecule has 0 N–H and O–H groups in total. The number of carbonyl (C=O) groups excluding carboxylic acids is 3. The van der Waals surface area contributed by atoms with Gasteiger partial charge in [-0.3, -0.25) is 14.4 Å². The van der Waals surface area contributed by atoms with Gasteiger partial charge in [0, 0.05) is 19.3 Å². The molecule has 0 radical (unpaired) electrons. The van der Waals surface area contributed by atoms with Gasteiger partial charge in [-0.15, -0.1) is 0 Å². The highest BCUT2D eigenvalue weighted by atomic mass is 16.6. The maximum atomic E-state index is 12.7. The number of rotatable bonds is 52. The first-order chi connectivity index (χ1) is 33.5. The summed E-state index contributed by atoms with van der Waals surface area (Å²) in [5.41, 5.74) is 0. The molecule has 0 aliphatic heterocycles. The Labute approximate surface area is 421 Å². The zero-order valence-corrected chi connectivity index (χ0v) is 44.9. The van der Waals surface area contributed by atoms with Gasteiger partial charge in [0.2, 0.25) is 0 Å². The van der Waals surface area contributed by atoms with Crippen LogP contribution in [-0.2, 0) is 28.6 Å². The van der Waals surface area contributed by atoms with Crippen molar-refractivity contribution in [1.82, 2.24) is 0 Å². The minimum Gasteiger partial charge on any atom is -0.462 e. The number of carbonyl (C=O) groups is 3. The molecule has 0 heterocycles. The third kappa shape index (κ3) is 53.8. The summed E-state index contributed by atoms with van der Waals surface area (Å²) < 4.78 is 16.7. The van der Waals surface area contributed by atoms with Crippen LogP contribution < -0.4 is 0 Å². The van der Waals surface area contributed by atoms with Crippen molar-refractivity contribution >= 4 is 17.9 Å². The van der Waals surface area contributed by atoms with Gasteiger partial charge < -0.3 is 14.2 Å². The molecule has 1 unspecified atom stereocenters. The highest BCUT2D eigenvalue weighted by molar-refractivity contribution is 5.71. The van der Waals surface area contributed by atoms with Crippen LogP contribution in [0.4, 0.5) is 0 Å². The average Bonchev–Trinajstić information content (AvgIpc) is 3.34. The van der Waals surface area contributed by atoms with Gasteiger partial charge in [0.15, 0.2) is 6.10 Å². The molecule has 0 amide bonds. The predicted molar refractivity (Wildman–Crippen MR) is 293 cm³/mol. The summed E-state index contributed by atoms with van der Waals surface area (Å²) in [6.07, 6.45) is 72.4. The van der Waals surface area contributed by atoms with Gasteiger partial charge in [0.25, 0.3) is 0 Å². The van der Waals surface area contributed by atoms with E-state index in [1.807, 2.05) is 0 Å². The first-order valence-corrected chi connectivity index (χ1v) is 28.9. The van der Waals surface area contributed by atoms with Gasteiger partial charge in [-0.2, -0.15) is 0 Å². The van der Waals surface area contributed by atoms with Gasteiger partial charge in [-0.05, 0) is 83.5 Å². The lowest BCUT2D eigenvalue weighted by molar-refractivity contribution is -0.167. The van der Waals surface area contributed by atoms with E-state index in [1.54, 1.807) is 0 Å². The Morgan fingerprint density at radius 3 is 0.941 bits per heavy atom. The molecule has 0 saturated heterocycles. The van der Waals surface area contributed by atoms with Crippen molar-refractivity contribution in [3.63, 3.8) is 0 Å². The lowest BCUT2D eigenvalue weighted by Gasteiger charge is -2.18. The second kappa shape index (κ2) is 56.4. The summed E-state index contributed by atoms with van der Waals surface area (Å²) in [7, 11) is 0. The van der Waals surface area contributed by atoms with E-state index in [1.165, 1.54) is 128 Å². The topological polar surface area (TPSA) is 78.9 Å². The summed E-state index contributed by atoms with van der Waals surface area (Å²) in [5.74, 6) is -0.900. The van der Waals surface area contributed by atoms with Crippen LogP contribution in [0.1, 0.15) is 284 Å². The molecule has 68 heavy (non-hydrogen) atoms. The van der Waals surface area contributed by atoms with Gasteiger partial charge in [0.1, 0.15) is 13.2 Å². The van der Waals surface area contributed by atoms with E-state index in [2.05, 4.69) is 93.7 Å². The summed E-state index contributed by atoms with van der Waals surface area (Å²) in [6, 6.07) is 0.